The zero-order valence-corrected chi connectivity index (χ0v) is 11.2. The van der Waals surface area contributed by atoms with Crippen molar-refractivity contribution < 1.29 is 0 Å². The van der Waals surface area contributed by atoms with Gasteiger partial charge in [0.15, 0.2) is 0 Å². The number of nitrogens with one attached hydrogen (secondary N) is 1. The Morgan fingerprint density at radius 1 is 1.35 bits per heavy atom. The average Bonchev–Trinajstić information content (AvgIpc) is 2.57. The van der Waals surface area contributed by atoms with Crippen molar-refractivity contribution in [2.24, 2.45) is 13.0 Å². The highest BCUT2D eigenvalue weighted by atomic mass is 15.3. The molecule has 1 aliphatic carbocycles. The van der Waals surface area contributed by atoms with Crippen LogP contribution in [0.2, 0.25) is 0 Å². The molecule has 0 amide bonds. The van der Waals surface area contributed by atoms with E-state index < -0.39 is 0 Å². The molecule has 1 aromatic rings. The fraction of sp³-hybridized carbons (Fsp3) is 0.769. The minimum atomic E-state index is 0.479. The molecule has 3 N–H and O–H groups in total. The molecule has 0 aromatic carbocycles. The summed E-state index contributed by atoms with van der Waals surface area (Å²) in [7, 11) is 1.94. The van der Waals surface area contributed by atoms with Crippen molar-refractivity contribution in [3.63, 3.8) is 0 Å². The van der Waals surface area contributed by atoms with E-state index in [1.54, 1.807) is 0 Å². The quantitative estimate of drug-likeness (QED) is 0.848. The molecule has 0 saturated heterocycles. The van der Waals surface area contributed by atoms with Crippen LogP contribution in [0.1, 0.15) is 44.7 Å². The van der Waals surface area contributed by atoms with Crippen molar-refractivity contribution in [3.05, 3.63) is 5.69 Å². The summed E-state index contributed by atoms with van der Waals surface area (Å²) < 4.78 is 1.85. The summed E-state index contributed by atoms with van der Waals surface area (Å²) in [6.07, 6.45) is 6.82. The second-order valence-corrected chi connectivity index (χ2v) is 5.30. The molecular formula is C13H24N4. The van der Waals surface area contributed by atoms with E-state index in [0.29, 0.717) is 6.04 Å². The van der Waals surface area contributed by atoms with Crippen molar-refractivity contribution in [3.8, 4) is 0 Å². The number of nitrogens with zero attached hydrogens (tertiary/aromatic N) is 2. The van der Waals surface area contributed by atoms with Crippen LogP contribution in [0, 0.1) is 12.8 Å². The molecule has 0 bridgehead atoms. The lowest BCUT2D eigenvalue weighted by atomic mass is 9.84. The number of nitrogens with two attached hydrogens (primary N) is 1. The third kappa shape index (κ3) is 2.56. The van der Waals surface area contributed by atoms with E-state index in [4.69, 9.17) is 5.73 Å². The summed E-state index contributed by atoms with van der Waals surface area (Å²) in [5.74, 6) is 1.75. The number of anilines is 2. The van der Waals surface area contributed by atoms with Crippen LogP contribution in [-0.4, -0.2) is 15.8 Å². The predicted octanol–water partition coefficient (Wildman–Crippen LogP) is 2.69. The van der Waals surface area contributed by atoms with Gasteiger partial charge in [0, 0.05) is 13.1 Å². The first-order valence-electron chi connectivity index (χ1n) is 6.65. The van der Waals surface area contributed by atoms with Crippen molar-refractivity contribution >= 4 is 11.5 Å². The summed E-state index contributed by atoms with van der Waals surface area (Å²) >= 11 is 0. The highest BCUT2D eigenvalue weighted by Gasteiger charge is 2.21. The minimum absolute atomic E-state index is 0.479. The molecule has 1 fully saturated rings. The number of aryl methyl sites for hydroxylation is 2. The smallest absolute Gasteiger partial charge is 0.147 e. The molecule has 2 rings (SSSR count). The van der Waals surface area contributed by atoms with Gasteiger partial charge in [0.05, 0.1) is 11.4 Å². The Labute approximate surface area is 104 Å². The van der Waals surface area contributed by atoms with E-state index in [-0.39, 0.29) is 0 Å². The Kier molecular flexibility index (Phi) is 3.60. The van der Waals surface area contributed by atoms with Crippen LogP contribution in [0.5, 0.6) is 0 Å². The van der Waals surface area contributed by atoms with Crippen LogP contribution < -0.4 is 11.1 Å². The first-order valence-corrected chi connectivity index (χ1v) is 6.65. The van der Waals surface area contributed by atoms with Gasteiger partial charge >= 0.3 is 0 Å². The van der Waals surface area contributed by atoms with Gasteiger partial charge in [-0.25, -0.2) is 0 Å². The number of aromatic nitrogens is 2. The molecule has 1 aromatic heterocycles. The predicted molar refractivity (Wildman–Crippen MR) is 72.0 cm³/mol. The molecule has 96 valence electrons. The molecule has 0 radical (unpaired) electrons. The van der Waals surface area contributed by atoms with Crippen molar-refractivity contribution in [2.45, 2.75) is 52.0 Å². The number of hydrogen-bond acceptors (Lipinski definition) is 3. The summed E-state index contributed by atoms with van der Waals surface area (Å²) in [4.78, 5) is 0. The van der Waals surface area contributed by atoms with E-state index in [1.165, 1.54) is 32.1 Å². The Bertz CT molecular complexity index is 377. The molecule has 17 heavy (non-hydrogen) atoms. The van der Waals surface area contributed by atoms with Gasteiger partial charge in [-0.2, -0.15) is 5.10 Å². The van der Waals surface area contributed by atoms with Crippen LogP contribution in [0.3, 0.4) is 0 Å². The highest BCUT2D eigenvalue weighted by molar-refractivity contribution is 5.64. The Hall–Kier alpha value is -1.19. The molecule has 1 unspecified atom stereocenters. The number of hydrogen-bond donors (Lipinski definition) is 2. The van der Waals surface area contributed by atoms with Gasteiger partial charge in [0.1, 0.15) is 5.82 Å². The van der Waals surface area contributed by atoms with Crippen LogP contribution in [0.15, 0.2) is 0 Å². The third-order valence-electron chi connectivity index (χ3n) is 3.99. The maximum absolute atomic E-state index is 6.04. The van der Waals surface area contributed by atoms with Crippen molar-refractivity contribution in [2.75, 3.05) is 11.1 Å². The zero-order valence-electron chi connectivity index (χ0n) is 11.2. The summed E-state index contributed by atoms with van der Waals surface area (Å²) in [5, 5.41) is 7.88. The fourth-order valence-electron chi connectivity index (χ4n) is 2.81. The molecule has 4 nitrogen and oxygen atoms in total. The van der Waals surface area contributed by atoms with E-state index >= 15 is 0 Å². The summed E-state index contributed by atoms with van der Waals surface area (Å²) in [6.45, 7) is 4.21. The molecule has 1 saturated carbocycles. The SMILES string of the molecule is Cc1nn(C)c(NC(C)C2CCCCC2)c1N. The van der Waals surface area contributed by atoms with E-state index in [9.17, 15) is 0 Å². The van der Waals surface area contributed by atoms with Crippen LogP contribution in [-0.2, 0) is 7.05 Å². The van der Waals surface area contributed by atoms with Gasteiger partial charge in [-0.05, 0) is 32.6 Å². The molecular weight excluding hydrogens is 212 g/mol. The van der Waals surface area contributed by atoms with Gasteiger partial charge in [-0.3, -0.25) is 4.68 Å². The monoisotopic (exact) mass is 236 g/mol. The first-order chi connectivity index (χ1) is 8.09. The lowest BCUT2D eigenvalue weighted by Crippen LogP contribution is -2.28. The lowest BCUT2D eigenvalue weighted by molar-refractivity contribution is 0.327. The van der Waals surface area contributed by atoms with Crippen molar-refractivity contribution in [1.29, 1.82) is 0 Å². The molecule has 4 heteroatoms. The Balaban J connectivity index is 2.04. The molecule has 1 aliphatic rings. The van der Waals surface area contributed by atoms with E-state index in [1.807, 2.05) is 18.7 Å². The largest absolute Gasteiger partial charge is 0.394 e. The Morgan fingerprint density at radius 2 is 2.00 bits per heavy atom. The fourth-order valence-corrected chi connectivity index (χ4v) is 2.81. The average molecular weight is 236 g/mol. The highest BCUT2D eigenvalue weighted by Crippen LogP contribution is 2.29. The van der Waals surface area contributed by atoms with Gasteiger partial charge in [0.25, 0.3) is 0 Å². The molecule has 0 aliphatic heterocycles. The zero-order chi connectivity index (χ0) is 12.4. The van der Waals surface area contributed by atoms with Crippen LogP contribution >= 0.6 is 0 Å². The summed E-state index contributed by atoms with van der Waals surface area (Å²) in [6, 6.07) is 0.479. The van der Waals surface area contributed by atoms with Gasteiger partial charge < -0.3 is 11.1 Å². The lowest BCUT2D eigenvalue weighted by Gasteiger charge is -2.29. The maximum Gasteiger partial charge on any atom is 0.147 e. The van der Waals surface area contributed by atoms with Gasteiger partial charge in [-0.15, -0.1) is 0 Å². The third-order valence-corrected chi connectivity index (χ3v) is 3.99. The van der Waals surface area contributed by atoms with Crippen molar-refractivity contribution in [1.82, 2.24) is 9.78 Å². The molecule has 0 spiro atoms. The van der Waals surface area contributed by atoms with Gasteiger partial charge in [-0.1, -0.05) is 19.3 Å². The standard InChI is InChI=1S/C13H24N4/c1-9(11-7-5-4-6-8-11)15-13-12(14)10(2)16-17(13)3/h9,11,15H,4-8,14H2,1-3H3. The van der Waals surface area contributed by atoms with E-state index in [2.05, 4.69) is 17.3 Å². The maximum atomic E-state index is 6.04. The van der Waals surface area contributed by atoms with Crippen LogP contribution in [0.25, 0.3) is 0 Å². The van der Waals surface area contributed by atoms with Gasteiger partial charge in [0.2, 0.25) is 0 Å². The van der Waals surface area contributed by atoms with Crippen LogP contribution in [0.4, 0.5) is 11.5 Å². The first kappa shape index (κ1) is 12.3. The molecule has 1 atom stereocenters. The number of nitrogen functional groups attached to an aromatic ring is 1. The Morgan fingerprint density at radius 3 is 2.53 bits per heavy atom. The molecule has 1 heterocycles. The second-order valence-electron chi connectivity index (χ2n) is 5.30. The van der Waals surface area contributed by atoms with E-state index in [0.717, 1.165) is 23.1 Å². The number of rotatable bonds is 3. The second kappa shape index (κ2) is 4.98. The minimum Gasteiger partial charge on any atom is -0.394 e. The topological polar surface area (TPSA) is 55.9 Å². The normalized spacial score (nSPS) is 19.2. The summed E-state index contributed by atoms with van der Waals surface area (Å²) in [5.41, 5.74) is 7.73.